The molecule has 2 aromatic rings. The lowest BCUT2D eigenvalue weighted by Gasteiger charge is -2.18. The van der Waals surface area contributed by atoms with Crippen molar-refractivity contribution in [2.75, 3.05) is 32.1 Å². The Morgan fingerprint density at radius 2 is 2.00 bits per heavy atom. The standard InChI is InChI=1S/C19H25N3O2/c1-4-22(5-2)19(23)16-9-10-18(21-14-16)20-12-11-15-7-6-8-17(13-15)24-3/h6-10,13-14H,4-5,11-12H2,1-3H3,(H,20,21). The van der Waals surface area contributed by atoms with Gasteiger partial charge in [-0.25, -0.2) is 4.98 Å². The minimum Gasteiger partial charge on any atom is -0.497 e. The Labute approximate surface area is 143 Å². The van der Waals surface area contributed by atoms with Gasteiger partial charge < -0.3 is 15.0 Å². The fourth-order valence-corrected chi connectivity index (χ4v) is 2.48. The van der Waals surface area contributed by atoms with Crippen molar-refractivity contribution in [1.82, 2.24) is 9.88 Å². The lowest BCUT2D eigenvalue weighted by molar-refractivity contribution is 0.0772. The third-order valence-electron chi connectivity index (χ3n) is 3.92. The minimum absolute atomic E-state index is 0.0235. The molecule has 1 heterocycles. The minimum atomic E-state index is 0.0235. The van der Waals surface area contributed by atoms with E-state index in [0.29, 0.717) is 18.7 Å². The summed E-state index contributed by atoms with van der Waals surface area (Å²) in [6, 6.07) is 11.7. The molecule has 24 heavy (non-hydrogen) atoms. The van der Waals surface area contributed by atoms with Gasteiger partial charge in [-0.3, -0.25) is 4.79 Å². The van der Waals surface area contributed by atoms with Crippen molar-refractivity contribution in [3.63, 3.8) is 0 Å². The molecule has 128 valence electrons. The SMILES string of the molecule is CCN(CC)C(=O)c1ccc(NCCc2cccc(OC)c2)nc1. The molecular weight excluding hydrogens is 302 g/mol. The van der Waals surface area contributed by atoms with Gasteiger partial charge >= 0.3 is 0 Å². The largest absolute Gasteiger partial charge is 0.497 e. The van der Waals surface area contributed by atoms with E-state index in [1.54, 1.807) is 18.2 Å². The second-order valence-corrected chi connectivity index (χ2v) is 5.44. The molecule has 1 N–H and O–H groups in total. The van der Waals surface area contributed by atoms with Gasteiger partial charge in [0.25, 0.3) is 5.91 Å². The summed E-state index contributed by atoms with van der Waals surface area (Å²) in [5.41, 5.74) is 1.83. The predicted octanol–water partition coefficient (Wildman–Crippen LogP) is 3.23. The molecule has 0 radical (unpaired) electrons. The molecular formula is C19H25N3O2. The van der Waals surface area contributed by atoms with E-state index in [0.717, 1.165) is 24.5 Å². The number of benzene rings is 1. The van der Waals surface area contributed by atoms with E-state index in [1.165, 1.54) is 5.56 Å². The van der Waals surface area contributed by atoms with Crippen LogP contribution >= 0.6 is 0 Å². The van der Waals surface area contributed by atoms with Crippen LogP contribution in [0.4, 0.5) is 5.82 Å². The molecule has 0 aliphatic carbocycles. The summed E-state index contributed by atoms with van der Waals surface area (Å²) in [5.74, 6) is 1.66. The first-order chi connectivity index (χ1) is 11.7. The second kappa shape index (κ2) is 8.91. The fourth-order valence-electron chi connectivity index (χ4n) is 2.48. The molecule has 0 aliphatic rings. The molecule has 0 aliphatic heterocycles. The number of ether oxygens (including phenoxy) is 1. The van der Waals surface area contributed by atoms with E-state index in [4.69, 9.17) is 4.74 Å². The van der Waals surface area contributed by atoms with Crippen LogP contribution in [0.5, 0.6) is 5.75 Å². The van der Waals surface area contributed by atoms with Crippen molar-refractivity contribution in [2.45, 2.75) is 20.3 Å². The Hall–Kier alpha value is -2.56. The van der Waals surface area contributed by atoms with Crippen LogP contribution in [0.1, 0.15) is 29.8 Å². The van der Waals surface area contributed by atoms with E-state index >= 15 is 0 Å². The van der Waals surface area contributed by atoms with Gasteiger partial charge in [0.05, 0.1) is 12.7 Å². The molecule has 1 aromatic carbocycles. The zero-order valence-corrected chi connectivity index (χ0v) is 14.6. The number of nitrogens with zero attached hydrogens (tertiary/aromatic N) is 2. The summed E-state index contributed by atoms with van der Waals surface area (Å²) >= 11 is 0. The number of hydrogen-bond acceptors (Lipinski definition) is 4. The van der Waals surface area contributed by atoms with Crippen LogP contribution in [-0.4, -0.2) is 42.5 Å². The van der Waals surface area contributed by atoms with Crippen LogP contribution in [-0.2, 0) is 6.42 Å². The number of carbonyl (C=O) groups excluding carboxylic acids is 1. The lowest BCUT2D eigenvalue weighted by atomic mass is 10.1. The first kappa shape index (κ1) is 17.8. The van der Waals surface area contributed by atoms with E-state index in [9.17, 15) is 4.79 Å². The van der Waals surface area contributed by atoms with Gasteiger partial charge in [-0.05, 0) is 50.1 Å². The normalized spacial score (nSPS) is 10.3. The van der Waals surface area contributed by atoms with Crippen LogP contribution in [0.3, 0.4) is 0 Å². The van der Waals surface area contributed by atoms with Crippen molar-refractivity contribution in [2.24, 2.45) is 0 Å². The Kier molecular flexibility index (Phi) is 6.61. The average Bonchev–Trinajstić information content (AvgIpc) is 2.63. The number of carbonyl (C=O) groups is 1. The monoisotopic (exact) mass is 327 g/mol. The molecule has 0 spiro atoms. The Morgan fingerprint density at radius 1 is 1.21 bits per heavy atom. The van der Waals surface area contributed by atoms with Gasteiger partial charge in [-0.2, -0.15) is 0 Å². The number of nitrogens with one attached hydrogen (secondary N) is 1. The van der Waals surface area contributed by atoms with Crippen LogP contribution in [0.25, 0.3) is 0 Å². The van der Waals surface area contributed by atoms with E-state index in [-0.39, 0.29) is 5.91 Å². The summed E-state index contributed by atoms with van der Waals surface area (Å²) in [4.78, 5) is 18.3. The predicted molar refractivity (Wildman–Crippen MR) is 96.7 cm³/mol. The Balaban J connectivity index is 1.88. The van der Waals surface area contributed by atoms with Crippen molar-refractivity contribution >= 4 is 11.7 Å². The fraction of sp³-hybridized carbons (Fsp3) is 0.368. The molecule has 5 nitrogen and oxygen atoms in total. The van der Waals surface area contributed by atoms with Crippen LogP contribution < -0.4 is 10.1 Å². The highest BCUT2D eigenvalue weighted by Gasteiger charge is 2.12. The van der Waals surface area contributed by atoms with Gasteiger partial charge in [0.2, 0.25) is 0 Å². The lowest BCUT2D eigenvalue weighted by Crippen LogP contribution is -2.30. The van der Waals surface area contributed by atoms with Crippen molar-refractivity contribution in [3.8, 4) is 5.75 Å². The summed E-state index contributed by atoms with van der Waals surface area (Å²) in [6.07, 6.45) is 2.51. The van der Waals surface area contributed by atoms with Crippen LogP contribution in [0.15, 0.2) is 42.6 Å². The molecule has 0 atom stereocenters. The molecule has 1 aromatic heterocycles. The highest BCUT2D eigenvalue weighted by molar-refractivity contribution is 5.94. The maximum atomic E-state index is 12.2. The van der Waals surface area contributed by atoms with Gasteiger partial charge in [-0.15, -0.1) is 0 Å². The molecule has 0 bridgehead atoms. The van der Waals surface area contributed by atoms with Crippen molar-refractivity contribution < 1.29 is 9.53 Å². The number of methoxy groups -OCH3 is 1. The first-order valence-corrected chi connectivity index (χ1v) is 8.30. The molecule has 0 saturated carbocycles. The highest BCUT2D eigenvalue weighted by Crippen LogP contribution is 2.13. The van der Waals surface area contributed by atoms with Crippen LogP contribution in [0, 0.1) is 0 Å². The first-order valence-electron chi connectivity index (χ1n) is 8.30. The summed E-state index contributed by atoms with van der Waals surface area (Å²) in [7, 11) is 1.67. The zero-order valence-electron chi connectivity index (χ0n) is 14.6. The number of aromatic nitrogens is 1. The van der Waals surface area contributed by atoms with Gasteiger partial charge in [-0.1, -0.05) is 12.1 Å². The van der Waals surface area contributed by atoms with E-state index in [2.05, 4.69) is 16.4 Å². The number of hydrogen-bond donors (Lipinski definition) is 1. The van der Waals surface area contributed by atoms with Crippen molar-refractivity contribution in [3.05, 3.63) is 53.7 Å². The quantitative estimate of drug-likeness (QED) is 0.809. The summed E-state index contributed by atoms with van der Waals surface area (Å²) < 4.78 is 5.22. The highest BCUT2D eigenvalue weighted by atomic mass is 16.5. The van der Waals surface area contributed by atoms with Crippen molar-refractivity contribution in [1.29, 1.82) is 0 Å². The molecule has 2 rings (SSSR count). The number of amides is 1. The number of anilines is 1. The van der Waals surface area contributed by atoms with E-state index in [1.807, 2.05) is 44.2 Å². The Bertz CT molecular complexity index is 652. The topological polar surface area (TPSA) is 54.5 Å². The maximum absolute atomic E-state index is 12.2. The van der Waals surface area contributed by atoms with Gasteiger partial charge in [0.1, 0.15) is 11.6 Å². The van der Waals surface area contributed by atoms with E-state index < -0.39 is 0 Å². The molecule has 0 unspecified atom stereocenters. The molecule has 1 amide bonds. The smallest absolute Gasteiger partial charge is 0.255 e. The molecule has 0 fully saturated rings. The third-order valence-corrected chi connectivity index (χ3v) is 3.92. The van der Waals surface area contributed by atoms with Crippen LogP contribution in [0.2, 0.25) is 0 Å². The third kappa shape index (κ3) is 4.72. The summed E-state index contributed by atoms with van der Waals surface area (Å²) in [5, 5.41) is 3.28. The summed E-state index contributed by atoms with van der Waals surface area (Å²) in [6.45, 7) is 6.13. The van der Waals surface area contributed by atoms with Gasteiger partial charge in [0, 0.05) is 25.8 Å². The Morgan fingerprint density at radius 3 is 2.62 bits per heavy atom. The molecule has 5 heteroatoms. The zero-order chi connectivity index (χ0) is 17.4. The maximum Gasteiger partial charge on any atom is 0.255 e. The number of pyridine rings is 1. The average molecular weight is 327 g/mol. The second-order valence-electron chi connectivity index (χ2n) is 5.44. The molecule has 0 saturated heterocycles. The number of rotatable bonds is 8. The van der Waals surface area contributed by atoms with Gasteiger partial charge in [0.15, 0.2) is 0 Å².